The van der Waals surface area contributed by atoms with Gasteiger partial charge < -0.3 is 9.09 Å². The summed E-state index contributed by atoms with van der Waals surface area (Å²) in [5, 5.41) is 8.66. The first-order chi connectivity index (χ1) is 12.5. The SMILES string of the molecule is CCc1ccc(-c2noc(CCc3nn(C)c(=S)n3CC(C)C)n2)cc1. The predicted octanol–water partition coefficient (Wildman–Crippen LogP) is 4.00. The van der Waals surface area contributed by atoms with E-state index < -0.39 is 0 Å². The van der Waals surface area contributed by atoms with E-state index in [-0.39, 0.29) is 0 Å². The Kier molecular flexibility index (Phi) is 5.66. The minimum Gasteiger partial charge on any atom is -0.339 e. The summed E-state index contributed by atoms with van der Waals surface area (Å²) >= 11 is 5.46. The van der Waals surface area contributed by atoms with E-state index in [1.165, 1.54) is 5.56 Å². The summed E-state index contributed by atoms with van der Waals surface area (Å²) in [5.74, 6) is 2.71. The van der Waals surface area contributed by atoms with Crippen LogP contribution in [0.25, 0.3) is 11.4 Å². The summed E-state index contributed by atoms with van der Waals surface area (Å²) in [6.45, 7) is 7.35. The molecule has 138 valence electrons. The molecule has 3 rings (SSSR count). The topological polar surface area (TPSA) is 61.7 Å². The summed E-state index contributed by atoms with van der Waals surface area (Å²) in [6.07, 6.45) is 2.38. The van der Waals surface area contributed by atoms with Crippen LogP contribution in [0.2, 0.25) is 0 Å². The van der Waals surface area contributed by atoms with Crippen LogP contribution < -0.4 is 0 Å². The molecule has 0 saturated carbocycles. The van der Waals surface area contributed by atoms with E-state index in [4.69, 9.17) is 16.7 Å². The maximum absolute atomic E-state index is 5.46. The minimum atomic E-state index is 0.505. The highest BCUT2D eigenvalue weighted by Gasteiger charge is 2.13. The first kappa shape index (κ1) is 18.5. The van der Waals surface area contributed by atoms with Crippen LogP contribution in [0.1, 0.15) is 38.0 Å². The van der Waals surface area contributed by atoms with Gasteiger partial charge in [-0.3, -0.25) is 0 Å². The normalized spacial score (nSPS) is 11.4. The third-order valence-electron chi connectivity index (χ3n) is 4.28. The van der Waals surface area contributed by atoms with Gasteiger partial charge in [0.2, 0.25) is 11.7 Å². The molecule has 2 aromatic heterocycles. The van der Waals surface area contributed by atoms with Crippen LogP contribution in [0.15, 0.2) is 28.8 Å². The Bertz CT molecular complexity index is 920. The smallest absolute Gasteiger partial charge is 0.227 e. The highest BCUT2D eigenvalue weighted by molar-refractivity contribution is 7.71. The van der Waals surface area contributed by atoms with Crippen molar-refractivity contribution in [1.82, 2.24) is 24.5 Å². The molecule has 0 N–H and O–H groups in total. The average molecular weight is 372 g/mol. The van der Waals surface area contributed by atoms with Crippen molar-refractivity contribution in [3.8, 4) is 11.4 Å². The van der Waals surface area contributed by atoms with E-state index in [9.17, 15) is 0 Å². The van der Waals surface area contributed by atoms with E-state index in [1.807, 2.05) is 19.2 Å². The van der Waals surface area contributed by atoms with Crippen LogP contribution in [0.4, 0.5) is 0 Å². The second-order valence-electron chi connectivity index (χ2n) is 6.89. The van der Waals surface area contributed by atoms with Crippen LogP contribution in [0.3, 0.4) is 0 Å². The molecule has 2 heterocycles. The second-order valence-corrected chi connectivity index (χ2v) is 7.25. The number of aryl methyl sites for hydroxylation is 4. The molecule has 0 bridgehead atoms. The lowest BCUT2D eigenvalue weighted by Crippen LogP contribution is -2.10. The molecule has 0 aliphatic rings. The Labute approximate surface area is 158 Å². The number of nitrogens with zero attached hydrogens (tertiary/aromatic N) is 5. The first-order valence-corrected chi connectivity index (χ1v) is 9.43. The van der Waals surface area contributed by atoms with Gasteiger partial charge in [-0.1, -0.05) is 50.2 Å². The van der Waals surface area contributed by atoms with Crippen molar-refractivity contribution in [2.24, 2.45) is 13.0 Å². The fourth-order valence-electron chi connectivity index (χ4n) is 2.87. The van der Waals surface area contributed by atoms with E-state index in [0.717, 1.165) is 29.1 Å². The van der Waals surface area contributed by atoms with Crippen LogP contribution in [-0.2, 0) is 32.9 Å². The summed E-state index contributed by atoms with van der Waals surface area (Å²) in [5.41, 5.74) is 2.26. The Morgan fingerprint density at radius 3 is 2.54 bits per heavy atom. The molecule has 26 heavy (non-hydrogen) atoms. The lowest BCUT2D eigenvalue weighted by atomic mass is 10.1. The van der Waals surface area contributed by atoms with Crippen molar-refractivity contribution in [2.75, 3.05) is 0 Å². The van der Waals surface area contributed by atoms with Crippen molar-refractivity contribution in [1.29, 1.82) is 0 Å². The number of hydrogen-bond donors (Lipinski definition) is 0. The second kappa shape index (κ2) is 7.95. The van der Waals surface area contributed by atoms with E-state index >= 15 is 0 Å². The van der Waals surface area contributed by atoms with E-state index in [0.29, 0.717) is 30.5 Å². The molecule has 0 atom stereocenters. The summed E-state index contributed by atoms with van der Waals surface area (Å²) in [6, 6.07) is 8.26. The van der Waals surface area contributed by atoms with E-state index in [2.05, 4.69) is 52.7 Å². The van der Waals surface area contributed by atoms with Gasteiger partial charge in [0.25, 0.3) is 0 Å². The van der Waals surface area contributed by atoms with Gasteiger partial charge in [0.15, 0.2) is 4.77 Å². The maximum Gasteiger partial charge on any atom is 0.227 e. The minimum absolute atomic E-state index is 0.505. The predicted molar refractivity (Wildman–Crippen MR) is 103 cm³/mol. The van der Waals surface area contributed by atoms with Crippen molar-refractivity contribution in [2.45, 2.75) is 46.6 Å². The van der Waals surface area contributed by atoms with Gasteiger partial charge in [-0.05, 0) is 30.1 Å². The zero-order valence-corrected chi connectivity index (χ0v) is 16.6. The third kappa shape index (κ3) is 4.09. The molecule has 0 fully saturated rings. The molecule has 0 radical (unpaired) electrons. The van der Waals surface area contributed by atoms with Crippen LogP contribution >= 0.6 is 12.2 Å². The van der Waals surface area contributed by atoms with Gasteiger partial charge >= 0.3 is 0 Å². The summed E-state index contributed by atoms with van der Waals surface area (Å²) in [7, 11) is 1.88. The number of hydrogen-bond acceptors (Lipinski definition) is 5. The molecule has 0 amide bonds. The Balaban J connectivity index is 1.72. The molecule has 6 nitrogen and oxygen atoms in total. The number of rotatable bonds is 7. The Morgan fingerprint density at radius 2 is 1.88 bits per heavy atom. The van der Waals surface area contributed by atoms with Crippen molar-refractivity contribution in [3.63, 3.8) is 0 Å². The Morgan fingerprint density at radius 1 is 1.15 bits per heavy atom. The van der Waals surface area contributed by atoms with Crippen molar-refractivity contribution in [3.05, 3.63) is 46.3 Å². The highest BCUT2D eigenvalue weighted by atomic mass is 32.1. The average Bonchev–Trinajstić information content (AvgIpc) is 3.20. The molecule has 0 aliphatic heterocycles. The molecular weight excluding hydrogens is 346 g/mol. The summed E-state index contributed by atoms with van der Waals surface area (Å²) in [4.78, 5) is 4.52. The molecule has 1 aromatic carbocycles. The molecule has 0 aliphatic carbocycles. The zero-order valence-electron chi connectivity index (χ0n) is 15.8. The van der Waals surface area contributed by atoms with Crippen LogP contribution in [0, 0.1) is 10.7 Å². The highest BCUT2D eigenvalue weighted by Crippen LogP contribution is 2.17. The first-order valence-electron chi connectivity index (χ1n) is 9.02. The van der Waals surface area contributed by atoms with Gasteiger partial charge in [-0.15, -0.1) is 0 Å². The van der Waals surface area contributed by atoms with Crippen molar-refractivity contribution >= 4 is 12.2 Å². The standard InChI is InChI=1S/C19H25N5OS/c1-5-14-6-8-15(9-7-14)18-20-17(25-22-18)11-10-16-21-23(4)19(26)24(16)12-13(2)3/h6-9,13H,5,10-12H2,1-4H3. The fraction of sp³-hybridized carbons (Fsp3) is 0.474. The summed E-state index contributed by atoms with van der Waals surface area (Å²) < 4.78 is 10.0. The molecule has 0 unspecified atom stereocenters. The van der Waals surface area contributed by atoms with Gasteiger partial charge in [-0.25, -0.2) is 4.68 Å². The molecule has 3 aromatic rings. The van der Waals surface area contributed by atoms with Crippen molar-refractivity contribution < 1.29 is 4.52 Å². The Hall–Kier alpha value is -2.28. The third-order valence-corrected chi connectivity index (χ3v) is 4.77. The van der Waals surface area contributed by atoms with Gasteiger partial charge in [0.05, 0.1) is 0 Å². The van der Waals surface area contributed by atoms with Gasteiger partial charge in [0.1, 0.15) is 5.82 Å². The van der Waals surface area contributed by atoms with Crippen LogP contribution in [-0.4, -0.2) is 24.5 Å². The fourth-order valence-corrected chi connectivity index (χ4v) is 3.09. The number of aromatic nitrogens is 5. The quantitative estimate of drug-likeness (QED) is 0.587. The molecule has 0 spiro atoms. The van der Waals surface area contributed by atoms with Gasteiger partial charge in [0, 0.05) is 32.0 Å². The number of benzene rings is 1. The monoisotopic (exact) mass is 371 g/mol. The van der Waals surface area contributed by atoms with Gasteiger partial charge in [-0.2, -0.15) is 10.1 Å². The maximum atomic E-state index is 5.46. The van der Waals surface area contributed by atoms with Crippen LogP contribution in [0.5, 0.6) is 0 Å². The van der Waals surface area contributed by atoms with E-state index in [1.54, 1.807) is 4.68 Å². The molecule has 7 heteroatoms. The molecule has 0 saturated heterocycles. The lowest BCUT2D eigenvalue weighted by molar-refractivity contribution is 0.376. The lowest BCUT2D eigenvalue weighted by Gasteiger charge is -2.08. The molecular formula is C19H25N5OS. The largest absolute Gasteiger partial charge is 0.339 e. The zero-order chi connectivity index (χ0) is 18.7.